The highest BCUT2D eigenvalue weighted by Gasteiger charge is 2.26. The van der Waals surface area contributed by atoms with Gasteiger partial charge < -0.3 is 80.3 Å². The maximum atomic E-state index is 12.4. The summed E-state index contributed by atoms with van der Waals surface area (Å²) in [4.78, 5) is 93.7. The number of nitrogens with one attached hydrogen (secondary N) is 3. The Labute approximate surface area is 302 Å². The Balaban J connectivity index is 1.76. The van der Waals surface area contributed by atoms with E-state index in [-0.39, 0.29) is 19.4 Å². The summed E-state index contributed by atoms with van der Waals surface area (Å²) in [7, 11) is 0. The molecule has 0 radical (unpaired) electrons. The number of carboxylic acid groups (broad SMARTS) is 5. The summed E-state index contributed by atoms with van der Waals surface area (Å²) in [5, 5.41) is 63.4. The molecule has 1 heterocycles. The summed E-state index contributed by atoms with van der Waals surface area (Å²) in [6, 6.07) is 5.64. The normalized spacial score (nSPS) is 13.1. The molecule has 0 aliphatic rings. The zero-order chi connectivity index (χ0) is 39.5. The van der Waals surface area contributed by atoms with E-state index in [1.807, 2.05) is 23.5 Å². The highest BCUT2D eigenvalue weighted by Crippen LogP contribution is 2.22. The molecule has 1 aromatic carbocycles. The summed E-state index contributed by atoms with van der Waals surface area (Å²) >= 11 is 0. The smallest absolute Gasteiger partial charge is 0.220 e. The number of carbonyl (C=O) groups excluding carboxylic acids is 8. The first kappa shape index (κ1) is 43.2. The van der Waals surface area contributed by atoms with Crippen LogP contribution in [0.25, 0.3) is 0 Å². The molecule has 0 aliphatic carbocycles. The second kappa shape index (κ2) is 22.1. The second-order valence-corrected chi connectivity index (χ2v) is 12.0. The number of quaternary nitrogens is 1. The van der Waals surface area contributed by atoms with Crippen LogP contribution in [0.3, 0.4) is 0 Å². The summed E-state index contributed by atoms with van der Waals surface area (Å²) in [5.41, 5.74) is 5.51. The fraction of sp³-hybridized carbons (Fsp3) is 0.471. The molecular weight excluding hydrogens is 704 g/mol. The lowest BCUT2D eigenvalue weighted by Gasteiger charge is -2.29. The number of hydrogen-bond acceptors (Lipinski definition) is 15. The molecule has 3 amide bonds. The maximum absolute atomic E-state index is 12.4. The molecule has 0 spiro atoms. The largest absolute Gasteiger partial charge is 0.550 e. The molecule has 2 unspecified atom stereocenters. The average molecular weight is 745 g/mol. The van der Waals surface area contributed by atoms with Crippen molar-refractivity contribution in [3.8, 4) is 5.75 Å². The topological polar surface area (TPSA) is 338 Å². The van der Waals surface area contributed by atoms with Crippen LogP contribution in [0.2, 0.25) is 0 Å². The molecule has 1 aromatic heterocycles. The SMILES string of the molecule is [NH3+]Cc1cc(COc2ccc(CCNC(=O)CC[C@H](NC(=O)CC[C@H](NC(=O)CCC(C(=O)[O-])C(CCC(=O)[O-])C(=O)[O-])C(=O)[O-])C(=O)[O-])cc2)co1. The van der Waals surface area contributed by atoms with Gasteiger partial charge in [-0.15, -0.1) is 0 Å². The van der Waals surface area contributed by atoms with Gasteiger partial charge in [-0.2, -0.15) is 0 Å². The minimum atomic E-state index is -1.90. The van der Waals surface area contributed by atoms with Gasteiger partial charge in [0, 0.05) is 61.1 Å². The molecule has 0 saturated carbocycles. The van der Waals surface area contributed by atoms with Crippen LogP contribution in [0.1, 0.15) is 68.3 Å². The van der Waals surface area contributed by atoms with Crippen LogP contribution < -0.4 is 52.0 Å². The molecule has 0 saturated heterocycles. The molecule has 2 aromatic rings. The maximum Gasteiger partial charge on any atom is 0.220 e. The van der Waals surface area contributed by atoms with Crippen LogP contribution >= 0.6 is 0 Å². The molecule has 0 bridgehead atoms. The molecule has 6 N–H and O–H groups in total. The van der Waals surface area contributed by atoms with E-state index in [1.54, 1.807) is 18.4 Å². The standard InChI is InChI=1S/C34H44N4O15/c35-16-22-15-20(18-53-22)17-52-21-3-1-19(2-4-21)13-14-36-27(39)10-7-25(33(48)49)38-29(41)11-8-26(34(50)51)37-28(40)9-5-23(31(44)45)24(32(46)47)6-12-30(42)43/h1-4,15,18,23-26H,5-14,16-17,35H2,(H,36,39)(H,37,40)(H,38,41)(H,42,43)(H,44,45)(H,46,47)(H,48,49)(H,50,51)/p-4/t23?,24?,25-,26-/m0/s1. The summed E-state index contributed by atoms with van der Waals surface area (Å²) in [5.74, 6) is -13.8. The molecule has 0 aliphatic heterocycles. The predicted molar refractivity (Wildman–Crippen MR) is 166 cm³/mol. The van der Waals surface area contributed by atoms with E-state index in [0.717, 1.165) is 16.9 Å². The van der Waals surface area contributed by atoms with Crippen molar-refractivity contribution >= 4 is 47.6 Å². The first-order valence-electron chi connectivity index (χ1n) is 16.6. The van der Waals surface area contributed by atoms with E-state index in [1.165, 1.54) is 0 Å². The Hall–Kier alpha value is -5.98. The van der Waals surface area contributed by atoms with E-state index < -0.39 is 110 Å². The minimum absolute atomic E-state index is 0.230. The van der Waals surface area contributed by atoms with E-state index in [9.17, 15) is 63.9 Å². The molecular formula is C34H40N4O15-4. The third-order valence-electron chi connectivity index (χ3n) is 8.01. The molecule has 0 fully saturated rings. The Morgan fingerprint density at radius 3 is 1.64 bits per heavy atom. The number of amides is 3. The summed E-state index contributed by atoms with van der Waals surface area (Å²) in [6.07, 6.45) is -2.72. The van der Waals surface area contributed by atoms with Gasteiger partial charge in [0.1, 0.15) is 18.9 Å². The Bertz CT molecular complexity index is 1590. The Morgan fingerprint density at radius 1 is 0.660 bits per heavy atom. The zero-order valence-electron chi connectivity index (χ0n) is 28.6. The lowest BCUT2D eigenvalue weighted by atomic mass is 9.85. The van der Waals surface area contributed by atoms with Gasteiger partial charge in [0.05, 0.1) is 30.3 Å². The van der Waals surface area contributed by atoms with Gasteiger partial charge in [0.15, 0.2) is 5.76 Å². The summed E-state index contributed by atoms with van der Waals surface area (Å²) in [6.45, 7) is 1.08. The first-order chi connectivity index (χ1) is 25.1. The van der Waals surface area contributed by atoms with Gasteiger partial charge in [-0.1, -0.05) is 12.1 Å². The van der Waals surface area contributed by atoms with Crippen molar-refractivity contribution in [3.63, 3.8) is 0 Å². The monoisotopic (exact) mass is 744 g/mol. The van der Waals surface area contributed by atoms with Gasteiger partial charge in [-0.3, -0.25) is 14.4 Å². The van der Waals surface area contributed by atoms with E-state index in [0.29, 0.717) is 25.3 Å². The number of carboxylic acids is 5. The van der Waals surface area contributed by atoms with E-state index in [4.69, 9.17) is 9.15 Å². The first-order valence-corrected chi connectivity index (χ1v) is 16.6. The van der Waals surface area contributed by atoms with Crippen LogP contribution in [0.15, 0.2) is 41.0 Å². The highest BCUT2D eigenvalue weighted by atomic mass is 16.5. The number of aliphatic carboxylic acids is 5. The van der Waals surface area contributed by atoms with Crippen LogP contribution in [-0.2, 0) is 57.9 Å². The highest BCUT2D eigenvalue weighted by molar-refractivity contribution is 5.86. The molecule has 19 heteroatoms. The number of ether oxygens (including phenoxy) is 1. The third kappa shape index (κ3) is 16.3. The van der Waals surface area contributed by atoms with E-state index in [2.05, 4.69) is 16.4 Å². The Kier molecular flexibility index (Phi) is 18.0. The third-order valence-corrected chi connectivity index (χ3v) is 8.01. The molecule has 4 atom stereocenters. The minimum Gasteiger partial charge on any atom is -0.550 e. The number of hydrogen-bond donors (Lipinski definition) is 4. The van der Waals surface area contributed by atoms with Crippen molar-refractivity contribution in [3.05, 3.63) is 53.5 Å². The molecule has 53 heavy (non-hydrogen) atoms. The van der Waals surface area contributed by atoms with Crippen molar-refractivity contribution < 1.29 is 78.8 Å². The fourth-order valence-corrected chi connectivity index (χ4v) is 5.09. The Morgan fingerprint density at radius 2 is 1.17 bits per heavy atom. The van der Waals surface area contributed by atoms with Gasteiger partial charge >= 0.3 is 0 Å². The van der Waals surface area contributed by atoms with Crippen LogP contribution in [0, 0.1) is 11.8 Å². The predicted octanol–water partition coefficient (Wildman–Crippen LogP) is -6.67. The van der Waals surface area contributed by atoms with Crippen LogP contribution in [-0.4, -0.2) is 66.2 Å². The average Bonchev–Trinajstić information content (AvgIpc) is 3.57. The fourth-order valence-electron chi connectivity index (χ4n) is 5.09. The number of furan rings is 1. The van der Waals surface area contributed by atoms with Gasteiger partial charge in [0.25, 0.3) is 0 Å². The number of carbonyl (C=O) groups is 8. The number of rotatable bonds is 26. The zero-order valence-corrected chi connectivity index (χ0v) is 28.6. The molecule has 19 nitrogen and oxygen atoms in total. The lowest BCUT2D eigenvalue weighted by Crippen LogP contribution is -2.50. The molecule has 2 rings (SSSR count). The van der Waals surface area contributed by atoms with Crippen molar-refractivity contribution in [2.75, 3.05) is 6.54 Å². The van der Waals surface area contributed by atoms with Gasteiger partial charge in [0.2, 0.25) is 17.7 Å². The lowest BCUT2D eigenvalue weighted by molar-refractivity contribution is -0.390. The van der Waals surface area contributed by atoms with Crippen molar-refractivity contribution in [1.29, 1.82) is 0 Å². The van der Waals surface area contributed by atoms with E-state index >= 15 is 0 Å². The quantitative estimate of drug-likeness (QED) is 0.0696. The summed E-state index contributed by atoms with van der Waals surface area (Å²) < 4.78 is 11.0. The van der Waals surface area contributed by atoms with Gasteiger partial charge in [-0.05, 0) is 62.3 Å². The van der Waals surface area contributed by atoms with Crippen molar-refractivity contribution in [2.45, 2.75) is 83.0 Å². The van der Waals surface area contributed by atoms with Gasteiger partial charge in [-0.25, -0.2) is 0 Å². The second-order valence-electron chi connectivity index (χ2n) is 12.0. The van der Waals surface area contributed by atoms with Crippen molar-refractivity contribution in [2.24, 2.45) is 11.8 Å². The van der Waals surface area contributed by atoms with Crippen molar-refractivity contribution in [1.82, 2.24) is 16.0 Å². The number of benzene rings is 1. The molecule has 290 valence electrons. The van der Waals surface area contributed by atoms with Crippen LogP contribution in [0.4, 0.5) is 0 Å². The van der Waals surface area contributed by atoms with Crippen LogP contribution in [0.5, 0.6) is 5.75 Å².